The molecule has 2 atom stereocenters. The van der Waals surface area contributed by atoms with Crippen LogP contribution in [0.15, 0.2) is 113 Å². The van der Waals surface area contributed by atoms with E-state index >= 15 is 0 Å². The number of nitrogens with zero attached hydrogens (tertiary/aromatic N) is 3. The smallest absolute Gasteiger partial charge is 0.238 e. The quantitative estimate of drug-likeness (QED) is 0.236. The van der Waals surface area contributed by atoms with Gasteiger partial charge in [0, 0.05) is 10.8 Å². The van der Waals surface area contributed by atoms with Crippen molar-refractivity contribution in [3.8, 4) is 0 Å². The van der Waals surface area contributed by atoms with Crippen LogP contribution in [0.4, 0.5) is 17.1 Å². The van der Waals surface area contributed by atoms with Gasteiger partial charge < -0.3 is 0 Å². The Hall–Kier alpha value is -4.38. The van der Waals surface area contributed by atoms with Crippen LogP contribution in [0.25, 0.3) is 0 Å². The molecule has 5 heteroatoms. The van der Waals surface area contributed by atoms with E-state index in [0.717, 1.165) is 27.9 Å². The summed E-state index contributed by atoms with van der Waals surface area (Å²) in [7, 11) is 0. The van der Waals surface area contributed by atoms with Crippen molar-refractivity contribution in [3.05, 3.63) is 125 Å². The SMILES string of the molecule is CC12c3ccccc3C(C)(c3ccccc31)[C@H]1C(=O)N(c3ccc(N=Nc4ccccc4)cc3)C(=O)[C@H]12. The number of rotatable bonds is 3. The zero-order valence-electron chi connectivity index (χ0n) is 20.6. The maximum atomic E-state index is 14.2. The van der Waals surface area contributed by atoms with Gasteiger partial charge in [0.1, 0.15) is 0 Å². The van der Waals surface area contributed by atoms with Gasteiger partial charge in [-0.05, 0) is 58.7 Å². The lowest BCUT2D eigenvalue weighted by Crippen LogP contribution is -2.59. The third-order valence-corrected chi connectivity index (χ3v) is 8.79. The van der Waals surface area contributed by atoms with Gasteiger partial charge in [-0.15, -0.1) is 0 Å². The summed E-state index contributed by atoms with van der Waals surface area (Å²) >= 11 is 0. The minimum atomic E-state index is -0.582. The second-order valence-electron chi connectivity index (χ2n) is 10.5. The second-order valence-corrected chi connectivity index (χ2v) is 10.5. The lowest BCUT2D eigenvalue weighted by atomic mass is 9.42. The van der Waals surface area contributed by atoms with Crippen LogP contribution < -0.4 is 4.90 Å². The fraction of sp³-hybridized carbons (Fsp3) is 0.188. The Kier molecular flexibility index (Phi) is 4.47. The first kappa shape index (κ1) is 21.9. The highest BCUT2D eigenvalue weighted by atomic mass is 16.2. The summed E-state index contributed by atoms with van der Waals surface area (Å²) in [6.45, 7) is 4.28. The van der Waals surface area contributed by atoms with Crippen molar-refractivity contribution in [3.63, 3.8) is 0 Å². The molecule has 4 aromatic carbocycles. The molecule has 180 valence electrons. The van der Waals surface area contributed by atoms with E-state index in [1.807, 2.05) is 54.6 Å². The molecule has 4 aromatic rings. The van der Waals surface area contributed by atoms with Crippen LogP contribution in [0, 0.1) is 11.8 Å². The van der Waals surface area contributed by atoms with Gasteiger partial charge in [0.2, 0.25) is 11.8 Å². The maximum absolute atomic E-state index is 14.2. The zero-order valence-corrected chi connectivity index (χ0v) is 20.6. The largest absolute Gasteiger partial charge is 0.274 e. The predicted molar refractivity (Wildman–Crippen MR) is 142 cm³/mol. The van der Waals surface area contributed by atoms with Crippen molar-refractivity contribution in [1.82, 2.24) is 0 Å². The van der Waals surface area contributed by atoms with Crippen molar-refractivity contribution in [2.75, 3.05) is 4.90 Å². The van der Waals surface area contributed by atoms with Gasteiger partial charge in [-0.1, -0.05) is 80.6 Å². The molecule has 0 unspecified atom stereocenters. The first-order chi connectivity index (χ1) is 18.0. The number of carbonyl (C=O) groups excluding carboxylic acids is 2. The molecule has 1 aliphatic heterocycles. The Labute approximate surface area is 215 Å². The number of carbonyl (C=O) groups is 2. The molecule has 37 heavy (non-hydrogen) atoms. The van der Waals surface area contributed by atoms with Gasteiger partial charge >= 0.3 is 0 Å². The zero-order chi connectivity index (χ0) is 25.4. The van der Waals surface area contributed by atoms with Crippen LogP contribution in [0.3, 0.4) is 0 Å². The van der Waals surface area contributed by atoms with E-state index in [1.54, 1.807) is 24.3 Å². The van der Waals surface area contributed by atoms with Gasteiger partial charge in [-0.3, -0.25) is 9.59 Å². The lowest BCUT2D eigenvalue weighted by molar-refractivity contribution is -0.124. The van der Waals surface area contributed by atoms with E-state index in [9.17, 15) is 9.59 Å². The number of hydrogen-bond donors (Lipinski definition) is 0. The summed E-state index contributed by atoms with van der Waals surface area (Å²) < 4.78 is 0. The molecule has 2 amide bonds. The van der Waals surface area contributed by atoms with Crippen molar-refractivity contribution in [2.45, 2.75) is 24.7 Å². The second kappa shape index (κ2) is 7.56. The van der Waals surface area contributed by atoms with E-state index in [2.05, 4.69) is 48.3 Å². The third kappa shape index (κ3) is 2.74. The molecule has 8 rings (SSSR count). The minimum Gasteiger partial charge on any atom is -0.274 e. The van der Waals surface area contributed by atoms with Gasteiger partial charge in [-0.2, -0.15) is 10.2 Å². The molecule has 5 nitrogen and oxygen atoms in total. The minimum absolute atomic E-state index is 0.133. The van der Waals surface area contributed by atoms with Crippen molar-refractivity contribution in [2.24, 2.45) is 22.1 Å². The number of benzene rings is 4. The monoisotopic (exact) mass is 483 g/mol. The molecular formula is C32H25N3O2. The van der Waals surface area contributed by atoms with Crippen molar-refractivity contribution >= 4 is 28.9 Å². The maximum Gasteiger partial charge on any atom is 0.238 e. The van der Waals surface area contributed by atoms with Crippen molar-refractivity contribution in [1.29, 1.82) is 0 Å². The number of anilines is 1. The summed E-state index contributed by atoms with van der Waals surface area (Å²) in [6.07, 6.45) is 0. The third-order valence-electron chi connectivity index (χ3n) is 8.79. The van der Waals surface area contributed by atoms with E-state index in [0.29, 0.717) is 11.4 Å². The molecule has 0 aromatic heterocycles. The molecule has 4 aliphatic rings. The standard InChI is InChI=1S/C32H25N3O2/c1-31-23-12-6-8-14-25(23)32(2,26-15-9-7-13-24(26)31)28-27(31)29(36)35(30(28)37)22-18-16-21(17-19-22)34-33-20-10-4-3-5-11-20/h3-19,27-28H,1-2H3/t27-,28+,31?,32?. The Bertz CT molecular complexity index is 1490. The molecular weight excluding hydrogens is 458 g/mol. The van der Waals surface area contributed by atoms with E-state index in [1.165, 1.54) is 4.90 Å². The van der Waals surface area contributed by atoms with Gasteiger partial charge in [0.05, 0.1) is 28.9 Å². The lowest BCUT2D eigenvalue weighted by Gasteiger charge is -2.57. The molecule has 1 saturated heterocycles. The summed E-state index contributed by atoms with van der Waals surface area (Å²) in [5.74, 6) is -1.20. The van der Waals surface area contributed by atoms with Gasteiger partial charge in [0.15, 0.2) is 0 Å². The van der Waals surface area contributed by atoms with Gasteiger partial charge in [-0.25, -0.2) is 4.90 Å². The Morgan fingerprint density at radius 1 is 0.541 bits per heavy atom. The molecule has 3 aliphatic carbocycles. The Morgan fingerprint density at radius 2 is 0.919 bits per heavy atom. The highest BCUT2D eigenvalue weighted by molar-refractivity contribution is 6.24. The first-order valence-corrected chi connectivity index (χ1v) is 12.6. The van der Waals surface area contributed by atoms with Crippen LogP contribution in [-0.2, 0) is 20.4 Å². The number of hydrogen-bond acceptors (Lipinski definition) is 4. The average Bonchev–Trinajstić information content (AvgIpc) is 3.22. The molecule has 0 saturated carbocycles. The average molecular weight is 484 g/mol. The Morgan fingerprint density at radius 3 is 1.35 bits per heavy atom. The van der Waals surface area contributed by atoms with E-state index in [-0.39, 0.29) is 11.8 Å². The summed E-state index contributed by atoms with van der Waals surface area (Å²) in [6, 6.07) is 33.4. The Balaban J connectivity index is 1.31. The summed E-state index contributed by atoms with van der Waals surface area (Å²) in [4.78, 5) is 29.7. The van der Waals surface area contributed by atoms with Crippen LogP contribution in [0.1, 0.15) is 36.1 Å². The summed E-state index contributed by atoms with van der Waals surface area (Å²) in [5.41, 5.74) is 5.42. The van der Waals surface area contributed by atoms with Crippen LogP contribution in [-0.4, -0.2) is 11.8 Å². The number of azo groups is 1. The highest BCUT2D eigenvalue weighted by Gasteiger charge is 2.70. The fourth-order valence-corrected chi connectivity index (χ4v) is 7.10. The van der Waals surface area contributed by atoms with Crippen LogP contribution >= 0.6 is 0 Å². The molecule has 0 N–H and O–H groups in total. The van der Waals surface area contributed by atoms with E-state index in [4.69, 9.17) is 0 Å². The molecule has 1 fully saturated rings. The van der Waals surface area contributed by atoms with E-state index < -0.39 is 22.7 Å². The summed E-state index contributed by atoms with van der Waals surface area (Å²) in [5, 5.41) is 8.56. The topological polar surface area (TPSA) is 62.1 Å². The highest BCUT2D eigenvalue weighted by Crippen LogP contribution is 2.66. The van der Waals surface area contributed by atoms with Gasteiger partial charge in [0.25, 0.3) is 0 Å². The molecule has 1 heterocycles. The van der Waals surface area contributed by atoms with Crippen LogP contribution in [0.5, 0.6) is 0 Å². The number of amides is 2. The molecule has 2 bridgehead atoms. The number of imide groups is 1. The molecule has 0 spiro atoms. The van der Waals surface area contributed by atoms with Crippen LogP contribution in [0.2, 0.25) is 0 Å². The molecule has 0 radical (unpaired) electrons. The first-order valence-electron chi connectivity index (χ1n) is 12.6. The predicted octanol–water partition coefficient (Wildman–Crippen LogP) is 6.85. The normalized spacial score (nSPS) is 27.4. The fourth-order valence-electron chi connectivity index (χ4n) is 7.10. The van der Waals surface area contributed by atoms with Crippen molar-refractivity contribution < 1.29 is 9.59 Å².